The van der Waals surface area contributed by atoms with Crippen molar-refractivity contribution in [2.24, 2.45) is 0 Å². The number of likely N-dealkylation sites (N-methyl/N-ethyl adjacent to an activating group) is 1. The van der Waals surface area contributed by atoms with E-state index < -0.39 is 10.0 Å². The van der Waals surface area contributed by atoms with E-state index in [1.54, 1.807) is 31.3 Å². The van der Waals surface area contributed by atoms with E-state index in [2.05, 4.69) is 0 Å². The van der Waals surface area contributed by atoms with Crippen molar-refractivity contribution in [3.8, 4) is 5.75 Å². The number of amides is 1. The maximum Gasteiger partial charge on any atom is 0.247 e. The number of ether oxygens (including phenoxy) is 1. The summed E-state index contributed by atoms with van der Waals surface area (Å²) in [5.41, 5.74) is 1.91. The molecule has 0 radical (unpaired) electrons. The minimum Gasteiger partial charge on any atom is -0.495 e. The Hall–Kier alpha value is -2.54. The lowest BCUT2D eigenvalue weighted by Crippen LogP contribution is -2.41. The van der Waals surface area contributed by atoms with Gasteiger partial charge in [-0.15, -0.1) is 0 Å². The number of carbonyl (C=O) groups is 1. The SMILES string of the molecule is COc1ccc(C)cc1N(CC(=O)N(C)c1ccccc1)S(C)(=O)=O. The first kappa shape index (κ1) is 18.8. The van der Waals surface area contributed by atoms with Crippen molar-refractivity contribution in [1.82, 2.24) is 0 Å². The van der Waals surface area contributed by atoms with Gasteiger partial charge in [0, 0.05) is 12.7 Å². The van der Waals surface area contributed by atoms with Crippen LogP contribution >= 0.6 is 0 Å². The highest BCUT2D eigenvalue weighted by Gasteiger charge is 2.25. The van der Waals surface area contributed by atoms with Crippen LogP contribution in [0, 0.1) is 6.92 Å². The van der Waals surface area contributed by atoms with Crippen LogP contribution in [0.15, 0.2) is 48.5 Å². The molecule has 0 aliphatic heterocycles. The molecule has 0 saturated carbocycles. The van der Waals surface area contributed by atoms with E-state index in [9.17, 15) is 13.2 Å². The average Bonchev–Trinajstić information content (AvgIpc) is 2.58. The molecular formula is C18H22N2O4S. The molecule has 0 saturated heterocycles. The number of methoxy groups -OCH3 is 1. The van der Waals surface area contributed by atoms with E-state index in [0.717, 1.165) is 16.1 Å². The van der Waals surface area contributed by atoms with Crippen LogP contribution in [0.5, 0.6) is 5.75 Å². The maximum atomic E-state index is 12.6. The maximum absolute atomic E-state index is 12.6. The highest BCUT2D eigenvalue weighted by atomic mass is 32.2. The quantitative estimate of drug-likeness (QED) is 0.792. The summed E-state index contributed by atoms with van der Waals surface area (Å²) in [6, 6.07) is 14.3. The van der Waals surface area contributed by atoms with Gasteiger partial charge in [-0.3, -0.25) is 9.10 Å². The number of aryl methyl sites for hydroxylation is 1. The van der Waals surface area contributed by atoms with Gasteiger partial charge in [-0.2, -0.15) is 0 Å². The normalized spacial score (nSPS) is 11.0. The molecule has 0 bridgehead atoms. The monoisotopic (exact) mass is 362 g/mol. The Balaban J connectivity index is 2.37. The van der Waals surface area contributed by atoms with Crippen LogP contribution in [0.1, 0.15) is 5.56 Å². The summed E-state index contributed by atoms with van der Waals surface area (Å²) in [6.07, 6.45) is 1.07. The van der Waals surface area contributed by atoms with Crippen LogP contribution in [0.3, 0.4) is 0 Å². The van der Waals surface area contributed by atoms with Crippen LogP contribution < -0.4 is 13.9 Å². The first-order valence-electron chi connectivity index (χ1n) is 7.68. The Morgan fingerprint density at radius 2 is 1.76 bits per heavy atom. The second kappa shape index (κ2) is 7.57. The Morgan fingerprint density at radius 1 is 1.12 bits per heavy atom. The van der Waals surface area contributed by atoms with Crippen molar-refractivity contribution in [2.45, 2.75) is 6.92 Å². The second-order valence-electron chi connectivity index (χ2n) is 5.73. The summed E-state index contributed by atoms with van der Waals surface area (Å²) in [5, 5.41) is 0. The Labute approximate surface area is 148 Å². The van der Waals surface area contributed by atoms with Gasteiger partial charge in [0.25, 0.3) is 0 Å². The number of sulfonamides is 1. The van der Waals surface area contributed by atoms with Crippen molar-refractivity contribution in [3.05, 3.63) is 54.1 Å². The molecule has 0 aliphatic carbocycles. The van der Waals surface area contributed by atoms with Gasteiger partial charge in [-0.25, -0.2) is 8.42 Å². The molecular weight excluding hydrogens is 340 g/mol. The van der Waals surface area contributed by atoms with Crippen LogP contribution in [0.25, 0.3) is 0 Å². The number of hydrogen-bond acceptors (Lipinski definition) is 4. The Bertz CT molecular complexity index is 851. The first-order chi connectivity index (χ1) is 11.7. The van der Waals surface area contributed by atoms with Crippen LogP contribution in [-0.4, -0.2) is 41.3 Å². The Kier molecular flexibility index (Phi) is 5.69. The zero-order valence-corrected chi connectivity index (χ0v) is 15.6. The summed E-state index contributed by atoms with van der Waals surface area (Å²) >= 11 is 0. The predicted molar refractivity (Wildman–Crippen MR) is 99.8 cm³/mol. The minimum absolute atomic E-state index is 0.315. The molecule has 0 spiro atoms. The highest BCUT2D eigenvalue weighted by molar-refractivity contribution is 7.92. The van der Waals surface area contributed by atoms with E-state index >= 15 is 0 Å². The summed E-state index contributed by atoms with van der Waals surface area (Å²) in [5.74, 6) is 0.0476. The number of hydrogen-bond donors (Lipinski definition) is 0. The Morgan fingerprint density at radius 3 is 2.32 bits per heavy atom. The number of carbonyl (C=O) groups excluding carboxylic acids is 1. The molecule has 0 heterocycles. The molecule has 0 fully saturated rings. The van der Waals surface area contributed by atoms with Crippen molar-refractivity contribution < 1.29 is 17.9 Å². The fourth-order valence-corrected chi connectivity index (χ4v) is 3.25. The fraction of sp³-hybridized carbons (Fsp3) is 0.278. The molecule has 2 aromatic rings. The molecule has 0 atom stereocenters. The molecule has 0 N–H and O–H groups in total. The highest BCUT2D eigenvalue weighted by Crippen LogP contribution is 2.31. The third kappa shape index (κ3) is 4.51. The molecule has 0 aliphatic rings. The molecule has 6 nitrogen and oxygen atoms in total. The van der Waals surface area contributed by atoms with Gasteiger partial charge < -0.3 is 9.64 Å². The van der Waals surface area contributed by atoms with Crippen molar-refractivity contribution in [1.29, 1.82) is 0 Å². The average molecular weight is 362 g/mol. The minimum atomic E-state index is -3.67. The number of para-hydroxylation sites is 1. The molecule has 0 aromatic heterocycles. The van der Waals surface area contributed by atoms with Gasteiger partial charge in [0.2, 0.25) is 15.9 Å². The number of rotatable bonds is 6. The van der Waals surface area contributed by atoms with E-state index in [0.29, 0.717) is 17.1 Å². The van der Waals surface area contributed by atoms with Gasteiger partial charge in [0.1, 0.15) is 12.3 Å². The fourth-order valence-electron chi connectivity index (χ4n) is 2.40. The van der Waals surface area contributed by atoms with E-state index in [1.807, 2.05) is 31.2 Å². The lowest BCUT2D eigenvalue weighted by Gasteiger charge is -2.26. The predicted octanol–water partition coefficient (Wildman–Crippen LogP) is 2.43. The molecule has 2 aromatic carbocycles. The first-order valence-corrected chi connectivity index (χ1v) is 9.53. The summed E-state index contributed by atoms with van der Waals surface area (Å²) in [4.78, 5) is 14.1. The summed E-state index contributed by atoms with van der Waals surface area (Å²) < 4.78 is 31.0. The number of anilines is 2. The van der Waals surface area contributed by atoms with Crippen LogP contribution in [0.2, 0.25) is 0 Å². The number of nitrogens with zero attached hydrogens (tertiary/aromatic N) is 2. The van der Waals surface area contributed by atoms with E-state index in [1.165, 1.54) is 12.0 Å². The standard InChI is InChI=1S/C18H22N2O4S/c1-14-10-11-17(24-3)16(12-14)20(25(4,22)23)13-18(21)19(2)15-8-6-5-7-9-15/h5-12H,13H2,1-4H3. The smallest absolute Gasteiger partial charge is 0.247 e. The molecule has 2 rings (SSSR count). The zero-order chi connectivity index (χ0) is 18.6. The van der Waals surface area contributed by atoms with Crippen molar-refractivity contribution in [2.75, 3.05) is 36.2 Å². The topological polar surface area (TPSA) is 66.9 Å². The van der Waals surface area contributed by atoms with E-state index in [-0.39, 0.29) is 12.5 Å². The van der Waals surface area contributed by atoms with Gasteiger partial charge in [0.15, 0.2) is 0 Å². The van der Waals surface area contributed by atoms with Gasteiger partial charge in [0.05, 0.1) is 19.1 Å². The lowest BCUT2D eigenvalue weighted by atomic mass is 10.2. The molecule has 134 valence electrons. The van der Waals surface area contributed by atoms with E-state index in [4.69, 9.17) is 4.74 Å². The summed E-state index contributed by atoms with van der Waals surface area (Å²) in [7, 11) is -0.591. The van der Waals surface area contributed by atoms with Gasteiger partial charge in [-0.1, -0.05) is 24.3 Å². The number of benzene rings is 2. The molecule has 25 heavy (non-hydrogen) atoms. The largest absolute Gasteiger partial charge is 0.495 e. The molecule has 1 amide bonds. The van der Waals surface area contributed by atoms with Crippen LogP contribution in [0.4, 0.5) is 11.4 Å². The molecule has 7 heteroatoms. The summed E-state index contributed by atoms with van der Waals surface area (Å²) in [6.45, 7) is 1.53. The third-order valence-corrected chi connectivity index (χ3v) is 4.93. The zero-order valence-electron chi connectivity index (χ0n) is 14.8. The van der Waals surface area contributed by atoms with Crippen molar-refractivity contribution in [3.63, 3.8) is 0 Å². The van der Waals surface area contributed by atoms with Gasteiger partial charge in [-0.05, 0) is 36.8 Å². The lowest BCUT2D eigenvalue weighted by molar-refractivity contribution is -0.116. The van der Waals surface area contributed by atoms with Crippen LogP contribution in [-0.2, 0) is 14.8 Å². The van der Waals surface area contributed by atoms with Crippen molar-refractivity contribution >= 4 is 27.3 Å². The third-order valence-electron chi connectivity index (χ3n) is 3.80. The second-order valence-corrected chi connectivity index (χ2v) is 7.64. The molecule has 0 unspecified atom stereocenters. The van der Waals surface area contributed by atoms with Gasteiger partial charge >= 0.3 is 0 Å².